The molecule has 1 aromatic heterocycles. The van der Waals surface area contributed by atoms with Crippen LogP contribution >= 0.6 is 11.3 Å². The maximum absolute atomic E-state index is 12.4. The van der Waals surface area contributed by atoms with Crippen molar-refractivity contribution >= 4 is 22.4 Å². The summed E-state index contributed by atoms with van der Waals surface area (Å²) in [6.45, 7) is 0.758. The van der Waals surface area contributed by atoms with Crippen LogP contribution in [0.3, 0.4) is 0 Å². The Kier molecular flexibility index (Phi) is 4.55. The number of benzene rings is 2. The number of methoxy groups -OCH3 is 1. The zero-order chi connectivity index (χ0) is 17.9. The van der Waals surface area contributed by atoms with Crippen LogP contribution in [-0.4, -0.2) is 24.8 Å². The van der Waals surface area contributed by atoms with Crippen molar-refractivity contribution in [3.05, 3.63) is 59.0 Å². The number of hydrogen-bond donors (Lipinski definition) is 1. The Hall–Kier alpha value is -2.90. The summed E-state index contributed by atoms with van der Waals surface area (Å²) < 4.78 is 15.8. The highest BCUT2D eigenvalue weighted by atomic mass is 32.1. The molecule has 7 heteroatoms. The number of carbonyl (C=O) groups is 1. The topological polar surface area (TPSA) is 69.7 Å². The fourth-order valence-electron chi connectivity index (χ4n) is 2.61. The highest BCUT2D eigenvalue weighted by Gasteiger charge is 2.15. The Balaban J connectivity index is 1.47. The number of amides is 1. The van der Waals surface area contributed by atoms with Crippen LogP contribution in [0.15, 0.2) is 47.8 Å². The van der Waals surface area contributed by atoms with Gasteiger partial charge in [-0.15, -0.1) is 11.3 Å². The Labute approximate surface area is 154 Å². The highest BCUT2D eigenvalue weighted by molar-refractivity contribution is 7.14. The molecule has 0 aliphatic carbocycles. The molecule has 4 rings (SSSR count). The van der Waals surface area contributed by atoms with Crippen LogP contribution in [0.2, 0.25) is 0 Å². The molecule has 1 aliphatic heterocycles. The Morgan fingerprint density at radius 2 is 2.00 bits per heavy atom. The molecule has 0 saturated carbocycles. The molecule has 0 saturated heterocycles. The van der Waals surface area contributed by atoms with E-state index in [4.69, 9.17) is 14.2 Å². The number of nitrogens with zero attached hydrogens (tertiary/aromatic N) is 1. The molecule has 0 spiro atoms. The molecule has 2 heterocycles. The summed E-state index contributed by atoms with van der Waals surface area (Å²) in [7, 11) is 1.64. The van der Waals surface area contributed by atoms with Crippen molar-refractivity contribution in [3.63, 3.8) is 0 Å². The third-order valence-electron chi connectivity index (χ3n) is 3.92. The number of ether oxygens (including phenoxy) is 3. The molecule has 3 aromatic rings. The molecular formula is C19H16N2O4S. The fraction of sp³-hybridized carbons (Fsp3) is 0.158. The summed E-state index contributed by atoms with van der Waals surface area (Å²) in [5.41, 5.74) is 3.28. The van der Waals surface area contributed by atoms with Crippen molar-refractivity contribution in [3.8, 4) is 22.8 Å². The highest BCUT2D eigenvalue weighted by Crippen LogP contribution is 2.36. The van der Waals surface area contributed by atoms with Gasteiger partial charge in [-0.1, -0.05) is 12.1 Å². The average Bonchev–Trinajstić information content (AvgIpc) is 3.31. The largest absolute Gasteiger partial charge is 0.454 e. The lowest BCUT2D eigenvalue weighted by Crippen LogP contribution is -2.11. The minimum Gasteiger partial charge on any atom is -0.454 e. The summed E-state index contributed by atoms with van der Waals surface area (Å²) in [6.07, 6.45) is 0. The van der Waals surface area contributed by atoms with Crippen molar-refractivity contribution < 1.29 is 19.0 Å². The second-order valence-corrected chi connectivity index (χ2v) is 6.55. The van der Waals surface area contributed by atoms with E-state index >= 15 is 0 Å². The number of fused-ring (bicyclic) bond motifs is 1. The third kappa shape index (κ3) is 3.40. The number of anilines is 1. The van der Waals surface area contributed by atoms with Gasteiger partial charge in [-0.3, -0.25) is 10.1 Å². The Morgan fingerprint density at radius 1 is 1.19 bits per heavy atom. The molecule has 1 N–H and O–H groups in total. The average molecular weight is 368 g/mol. The molecule has 6 nitrogen and oxygen atoms in total. The number of thiazole rings is 1. The van der Waals surface area contributed by atoms with Gasteiger partial charge in [-0.25, -0.2) is 4.98 Å². The first-order valence-electron chi connectivity index (χ1n) is 7.98. The maximum atomic E-state index is 12.4. The lowest BCUT2D eigenvalue weighted by Gasteiger charge is -2.04. The first-order chi connectivity index (χ1) is 12.7. The molecular weight excluding hydrogens is 352 g/mol. The Bertz CT molecular complexity index is 937. The second-order valence-electron chi connectivity index (χ2n) is 5.69. The molecule has 1 aliphatic rings. The van der Waals surface area contributed by atoms with Crippen LogP contribution in [0, 0.1) is 0 Å². The van der Waals surface area contributed by atoms with Gasteiger partial charge in [0.05, 0.1) is 12.3 Å². The van der Waals surface area contributed by atoms with E-state index in [0.717, 1.165) is 22.6 Å². The normalized spacial score (nSPS) is 12.2. The summed E-state index contributed by atoms with van der Waals surface area (Å²) in [4.78, 5) is 16.9. The van der Waals surface area contributed by atoms with E-state index in [2.05, 4.69) is 10.3 Å². The van der Waals surface area contributed by atoms with Gasteiger partial charge in [-0.2, -0.15) is 0 Å². The van der Waals surface area contributed by atoms with Gasteiger partial charge in [0.1, 0.15) is 0 Å². The predicted molar refractivity (Wildman–Crippen MR) is 98.8 cm³/mol. The van der Waals surface area contributed by atoms with Crippen molar-refractivity contribution in [1.82, 2.24) is 4.98 Å². The maximum Gasteiger partial charge on any atom is 0.257 e. The van der Waals surface area contributed by atoms with Crippen LogP contribution in [0.25, 0.3) is 11.3 Å². The van der Waals surface area contributed by atoms with Gasteiger partial charge in [0.2, 0.25) is 6.79 Å². The molecule has 2 aromatic carbocycles. The first kappa shape index (κ1) is 16.6. The fourth-order valence-corrected chi connectivity index (χ4v) is 3.32. The van der Waals surface area contributed by atoms with Gasteiger partial charge in [0.15, 0.2) is 16.6 Å². The molecule has 0 atom stereocenters. The van der Waals surface area contributed by atoms with Crippen LogP contribution in [0.4, 0.5) is 5.13 Å². The van der Waals surface area contributed by atoms with Crippen LogP contribution in [-0.2, 0) is 11.3 Å². The van der Waals surface area contributed by atoms with Crippen molar-refractivity contribution in [2.75, 3.05) is 19.2 Å². The van der Waals surface area contributed by atoms with Crippen LogP contribution in [0.5, 0.6) is 11.5 Å². The molecule has 1 amide bonds. The van der Waals surface area contributed by atoms with E-state index in [1.807, 2.05) is 35.7 Å². The van der Waals surface area contributed by atoms with Crippen molar-refractivity contribution in [2.24, 2.45) is 0 Å². The standard InChI is InChI=1S/C19H16N2O4S/c1-23-9-12-2-4-13(5-3-12)18(22)21-19-20-15(10-26-19)14-6-7-16-17(8-14)25-11-24-16/h2-8,10H,9,11H2,1H3,(H,20,21,22). The van der Waals surface area contributed by atoms with E-state index in [1.54, 1.807) is 19.2 Å². The van der Waals surface area contributed by atoms with E-state index in [0.29, 0.717) is 23.1 Å². The predicted octanol–water partition coefficient (Wildman–Crippen LogP) is 3.94. The van der Waals surface area contributed by atoms with E-state index in [-0.39, 0.29) is 12.7 Å². The van der Waals surface area contributed by atoms with Gasteiger partial charge in [0.25, 0.3) is 5.91 Å². The monoisotopic (exact) mass is 368 g/mol. The van der Waals surface area contributed by atoms with Crippen LogP contribution in [0.1, 0.15) is 15.9 Å². The van der Waals surface area contributed by atoms with Gasteiger partial charge in [-0.05, 0) is 35.9 Å². The molecule has 0 radical (unpaired) electrons. The molecule has 0 bridgehead atoms. The minimum absolute atomic E-state index is 0.194. The van der Waals surface area contributed by atoms with Crippen molar-refractivity contribution in [1.29, 1.82) is 0 Å². The summed E-state index contributed by atoms with van der Waals surface area (Å²) >= 11 is 1.38. The zero-order valence-corrected chi connectivity index (χ0v) is 14.8. The quantitative estimate of drug-likeness (QED) is 0.739. The minimum atomic E-state index is -0.194. The SMILES string of the molecule is COCc1ccc(C(=O)Nc2nc(-c3ccc4c(c3)OCO4)cs2)cc1. The lowest BCUT2D eigenvalue weighted by atomic mass is 10.1. The summed E-state index contributed by atoms with van der Waals surface area (Å²) in [5.74, 6) is 1.24. The summed E-state index contributed by atoms with van der Waals surface area (Å²) in [5, 5.41) is 5.28. The summed E-state index contributed by atoms with van der Waals surface area (Å²) in [6, 6.07) is 13.0. The van der Waals surface area contributed by atoms with E-state index in [1.165, 1.54) is 11.3 Å². The molecule has 0 fully saturated rings. The number of hydrogen-bond acceptors (Lipinski definition) is 6. The molecule has 26 heavy (non-hydrogen) atoms. The number of aromatic nitrogens is 1. The number of nitrogens with one attached hydrogen (secondary N) is 1. The third-order valence-corrected chi connectivity index (χ3v) is 4.68. The first-order valence-corrected chi connectivity index (χ1v) is 8.85. The van der Waals surface area contributed by atoms with E-state index < -0.39 is 0 Å². The van der Waals surface area contributed by atoms with Crippen molar-refractivity contribution in [2.45, 2.75) is 6.61 Å². The van der Waals surface area contributed by atoms with Crippen LogP contribution < -0.4 is 14.8 Å². The second kappa shape index (κ2) is 7.15. The van der Waals surface area contributed by atoms with E-state index in [9.17, 15) is 4.79 Å². The zero-order valence-electron chi connectivity index (χ0n) is 14.0. The number of carbonyl (C=O) groups excluding carboxylic acids is 1. The van der Waals surface area contributed by atoms with Gasteiger partial charge >= 0.3 is 0 Å². The molecule has 0 unspecified atom stereocenters. The number of rotatable bonds is 5. The smallest absolute Gasteiger partial charge is 0.257 e. The Morgan fingerprint density at radius 3 is 2.81 bits per heavy atom. The van der Waals surface area contributed by atoms with Gasteiger partial charge < -0.3 is 14.2 Å². The lowest BCUT2D eigenvalue weighted by molar-refractivity contribution is 0.102. The molecule has 132 valence electrons. The van der Waals surface area contributed by atoms with Gasteiger partial charge in [0, 0.05) is 23.6 Å².